The van der Waals surface area contributed by atoms with E-state index in [2.05, 4.69) is 31.5 Å². The number of piperazine rings is 1. The summed E-state index contributed by atoms with van der Waals surface area (Å²) in [5.41, 5.74) is 12.6. The second-order valence-electron chi connectivity index (χ2n) is 11.9. The van der Waals surface area contributed by atoms with Gasteiger partial charge in [0, 0.05) is 58.9 Å². The van der Waals surface area contributed by atoms with Gasteiger partial charge in [0.25, 0.3) is 0 Å². The summed E-state index contributed by atoms with van der Waals surface area (Å²) >= 11 is 0. The number of nitrogens with two attached hydrogens (primary N) is 2. The van der Waals surface area contributed by atoms with Crippen LogP contribution in [-0.2, 0) is 9.59 Å². The van der Waals surface area contributed by atoms with Gasteiger partial charge in [-0.05, 0) is 64.5 Å². The number of amidine groups is 1. The number of carbonyl (C=O) groups is 2. The number of benzene rings is 1. The predicted molar refractivity (Wildman–Crippen MR) is 185 cm³/mol. The van der Waals surface area contributed by atoms with Crippen molar-refractivity contribution in [3.8, 4) is 5.75 Å². The molecule has 0 saturated carbocycles. The molecule has 2 fully saturated rings. The average molecular weight is 654 g/mol. The Labute approximate surface area is 277 Å². The molecule has 2 saturated heterocycles. The van der Waals surface area contributed by atoms with Crippen LogP contribution < -0.4 is 41.5 Å². The van der Waals surface area contributed by atoms with Crippen molar-refractivity contribution in [3.05, 3.63) is 24.3 Å². The number of ether oxygens (including phenoxy) is 1. The summed E-state index contributed by atoms with van der Waals surface area (Å²) in [7, 11) is 0. The maximum Gasteiger partial charge on any atom is 0.306 e. The summed E-state index contributed by atoms with van der Waals surface area (Å²) in [5, 5.41) is 15.7. The van der Waals surface area contributed by atoms with E-state index >= 15 is 0 Å². The molecule has 15 heteroatoms. The zero-order chi connectivity index (χ0) is 33.6. The highest BCUT2D eigenvalue weighted by Crippen LogP contribution is 2.30. The maximum absolute atomic E-state index is 12.3. The van der Waals surface area contributed by atoms with Gasteiger partial charge in [-0.2, -0.15) is 15.0 Å². The van der Waals surface area contributed by atoms with Crippen molar-refractivity contribution in [1.29, 1.82) is 0 Å². The number of aliphatic carboxylic acids is 1. The summed E-state index contributed by atoms with van der Waals surface area (Å²) in [4.78, 5) is 48.8. The van der Waals surface area contributed by atoms with Gasteiger partial charge in [-0.25, -0.2) is 0 Å². The van der Waals surface area contributed by atoms with Crippen LogP contribution in [0.5, 0.6) is 5.75 Å². The van der Waals surface area contributed by atoms with E-state index in [-0.39, 0.29) is 11.8 Å². The van der Waals surface area contributed by atoms with Gasteiger partial charge in [0.15, 0.2) is 0 Å². The largest absolute Gasteiger partial charge is 0.492 e. The number of aromatic nitrogens is 3. The van der Waals surface area contributed by atoms with E-state index in [1.54, 1.807) is 6.92 Å². The van der Waals surface area contributed by atoms with Crippen molar-refractivity contribution >= 4 is 41.2 Å². The van der Waals surface area contributed by atoms with Gasteiger partial charge < -0.3 is 46.6 Å². The Hall–Kier alpha value is -4.40. The third kappa shape index (κ3) is 10.8. The molecule has 2 aromatic rings. The van der Waals surface area contributed by atoms with Gasteiger partial charge >= 0.3 is 5.97 Å². The highest BCUT2D eigenvalue weighted by atomic mass is 16.5. The van der Waals surface area contributed by atoms with Crippen LogP contribution in [0.25, 0.3) is 0 Å². The molecule has 1 atom stereocenters. The van der Waals surface area contributed by atoms with Crippen LogP contribution in [0.2, 0.25) is 0 Å². The van der Waals surface area contributed by atoms with Crippen molar-refractivity contribution in [3.63, 3.8) is 0 Å². The smallest absolute Gasteiger partial charge is 0.306 e. The van der Waals surface area contributed by atoms with Crippen LogP contribution in [0.1, 0.15) is 52.4 Å². The maximum atomic E-state index is 12.3. The fourth-order valence-corrected chi connectivity index (χ4v) is 5.68. The molecule has 47 heavy (non-hydrogen) atoms. The molecule has 15 nitrogen and oxygen atoms in total. The van der Waals surface area contributed by atoms with Gasteiger partial charge in [0.1, 0.15) is 5.75 Å². The van der Waals surface area contributed by atoms with Crippen LogP contribution in [0.4, 0.5) is 23.5 Å². The summed E-state index contributed by atoms with van der Waals surface area (Å²) in [5.74, 6) is 1.79. The van der Waals surface area contributed by atoms with E-state index in [1.165, 1.54) is 0 Å². The minimum Gasteiger partial charge on any atom is -0.492 e. The monoisotopic (exact) mass is 653 g/mol. The summed E-state index contributed by atoms with van der Waals surface area (Å²) in [6, 6.07) is 7.54. The molecular formula is C32H51N11O4. The highest BCUT2D eigenvalue weighted by molar-refractivity contribution is 5.81. The molecule has 2 aliphatic rings. The fraction of sp³-hybridized carbons (Fsp3) is 0.625. The molecule has 0 spiro atoms. The molecule has 1 amide bonds. The number of unbranched alkanes of at least 4 members (excludes halogenated alkanes) is 1. The number of rotatable bonds is 17. The Kier molecular flexibility index (Phi) is 13.6. The van der Waals surface area contributed by atoms with Crippen LogP contribution >= 0.6 is 0 Å². The molecule has 0 bridgehead atoms. The lowest BCUT2D eigenvalue weighted by Crippen LogP contribution is -2.47. The number of carbonyl (C=O) groups excluding carboxylic acids is 1. The number of amides is 1. The van der Waals surface area contributed by atoms with Crippen LogP contribution in [-0.4, -0.2) is 109 Å². The highest BCUT2D eigenvalue weighted by Gasteiger charge is 2.28. The van der Waals surface area contributed by atoms with Gasteiger partial charge in [-0.1, -0.05) is 12.1 Å². The first-order valence-corrected chi connectivity index (χ1v) is 16.7. The summed E-state index contributed by atoms with van der Waals surface area (Å²) in [6.45, 7) is 10.2. The second kappa shape index (κ2) is 18.1. The number of carboxylic acids is 1. The van der Waals surface area contributed by atoms with Gasteiger partial charge in [0.05, 0.1) is 30.1 Å². The fourth-order valence-electron chi connectivity index (χ4n) is 5.68. The lowest BCUT2D eigenvalue weighted by molar-refractivity contribution is -0.142. The second-order valence-corrected chi connectivity index (χ2v) is 11.9. The molecule has 1 aromatic heterocycles. The number of para-hydroxylation sites is 2. The molecule has 1 aromatic carbocycles. The number of carboxylic acid groups (broad SMARTS) is 1. The van der Waals surface area contributed by atoms with E-state index in [0.29, 0.717) is 88.7 Å². The first-order valence-electron chi connectivity index (χ1n) is 16.7. The molecule has 258 valence electrons. The quantitative estimate of drug-likeness (QED) is 0.0939. The number of nitrogens with zero attached hydrogens (tertiary/aromatic N) is 7. The van der Waals surface area contributed by atoms with E-state index in [9.17, 15) is 14.7 Å². The third-order valence-corrected chi connectivity index (χ3v) is 8.36. The molecule has 7 N–H and O–H groups in total. The molecule has 4 rings (SSSR count). The van der Waals surface area contributed by atoms with Crippen molar-refractivity contribution in [2.24, 2.45) is 22.4 Å². The number of nitrogens with one attached hydrogen (secondary N) is 2. The Morgan fingerprint density at radius 3 is 2.28 bits per heavy atom. The number of anilines is 4. The third-order valence-electron chi connectivity index (χ3n) is 8.36. The van der Waals surface area contributed by atoms with E-state index in [1.807, 2.05) is 30.0 Å². The molecule has 0 unspecified atom stereocenters. The lowest BCUT2D eigenvalue weighted by atomic mass is 9.97. The Bertz CT molecular complexity index is 1320. The standard InChI is InChI=1S/C32H51N11O4/c1-3-47-27-11-5-4-10-26(27)41-19-21-43(22-20-41)32-39-30(38-31(40-32)42-17-12-24(13-18-42)29(45)46)37-15-7-6-14-36-28(44)25(34)9-8-16-35-23(2)33/h4-5,10-11,24-25H,3,6-9,12-22,34H2,1-2H3,(H2,33,35)(H,36,44)(H,45,46)(H,37,38,39,40)/t25-/m0/s1. The average Bonchev–Trinajstić information content (AvgIpc) is 3.08. The predicted octanol–water partition coefficient (Wildman–Crippen LogP) is 1.69. The number of hydrogen-bond acceptors (Lipinski definition) is 12. The van der Waals surface area contributed by atoms with Crippen molar-refractivity contribution in [2.75, 3.05) is 85.5 Å². The van der Waals surface area contributed by atoms with Gasteiger partial charge in [-0.3, -0.25) is 14.6 Å². The number of piperidine rings is 1. The number of aliphatic imine (C=N–C) groups is 1. The molecular weight excluding hydrogens is 602 g/mol. The minimum atomic E-state index is -0.752. The van der Waals surface area contributed by atoms with E-state index < -0.39 is 12.0 Å². The van der Waals surface area contributed by atoms with Crippen molar-refractivity contribution < 1.29 is 19.4 Å². The van der Waals surface area contributed by atoms with Crippen LogP contribution in [0, 0.1) is 5.92 Å². The van der Waals surface area contributed by atoms with E-state index in [4.69, 9.17) is 31.2 Å². The number of hydrogen-bond donors (Lipinski definition) is 5. The Balaban J connectivity index is 1.32. The SMILES string of the molecule is CCOc1ccccc1N1CCN(c2nc(NCCCCNC(=O)[C@@H](N)CCCN=C(C)N)nc(N3CCC(C(=O)O)CC3)n2)CC1. The zero-order valence-corrected chi connectivity index (χ0v) is 27.7. The summed E-state index contributed by atoms with van der Waals surface area (Å²) in [6.07, 6.45) is 3.91. The van der Waals surface area contributed by atoms with Crippen molar-refractivity contribution in [1.82, 2.24) is 20.3 Å². The molecule has 2 aliphatic heterocycles. The zero-order valence-electron chi connectivity index (χ0n) is 27.7. The summed E-state index contributed by atoms with van der Waals surface area (Å²) < 4.78 is 5.86. The first-order chi connectivity index (χ1) is 22.7. The first kappa shape index (κ1) is 35.5. The Morgan fingerprint density at radius 2 is 1.62 bits per heavy atom. The minimum absolute atomic E-state index is 0.161. The van der Waals surface area contributed by atoms with Gasteiger partial charge in [-0.15, -0.1) is 0 Å². The molecule has 0 aliphatic carbocycles. The van der Waals surface area contributed by atoms with Crippen LogP contribution in [0.15, 0.2) is 29.3 Å². The molecule has 0 radical (unpaired) electrons. The van der Waals surface area contributed by atoms with E-state index in [0.717, 1.165) is 50.5 Å². The van der Waals surface area contributed by atoms with Crippen LogP contribution in [0.3, 0.4) is 0 Å². The Morgan fingerprint density at radius 1 is 0.979 bits per heavy atom. The van der Waals surface area contributed by atoms with Crippen molar-refractivity contribution in [2.45, 2.75) is 58.4 Å². The topological polar surface area (TPSA) is 200 Å². The van der Waals surface area contributed by atoms with Gasteiger partial charge in [0.2, 0.25) is 23.8 Å². The molecule has 3 heterocycles. The normalized spacial score (nSPS) is 16.6. The lowest BCUT2D eigenvalue weighted by Gasteiger charge is -2.37.